The van der Waals surface area contributed by atoms with Crippen LogP contribution in [0.5, 0.6) is 0 Å². The second kappa shape index (κ2) is 5.71. The van der Waals surface area contributed by atoms with E-state index in [1.165, 1.54) is 0 Å². The van der Waals surface area contributed by atoms with Crippen LogP contribution >= 0.6 is 15.9 Å². The van der Waals surface area contributed by atoms with Crippen LogP contribution in [0.25, 0.3) is 0 Å². The van der Waals surface area contributed by atoms with E-state index in [0.717, 1.165) is 10.0 Å². The number of amides is 2. The number of morpholine rings is 1. The van der Waals surface area contributed by atoms with Gasteiger partial charge in [0.15, 0.2) is 0 Å². The van der Waals surface area contributed by atoms with E-state index in [1.807, 2.05) is 29.2 Å². The maximum Gasteiger partial charge on any atom is 0.319 e. The highest BCUT2D eigenvalue weighted by Gasteiger charge is 2.26. The summed E-state index contributed by atoms with van der Waals surface area (Å²) in [7, 11) is 3.54. The number of rotatable bonds is 1. The Kier molecular flexibility index (Phi) is 4.24. The minimum absolute atomic E-state index is 0.0317. The predicted octanol–water partition coefficient (Wildman–Crippen LogP) is 2.50. The van der Waals surface area contributed by atoms with E-state index in [4.69, 9.17) is 4.74 Å². The number of hydrogen-bond donors (Lipinski definition) is 0. The molecule has 98 valence electrons. The van der Waals surface area contributed by atoms with Gasteiger partial charge in [0.2, 0.25) is 0 Å². The van der Waals surface area contributed by atoms with E-state index in [2.05, 4.69) is 15.9 Å². The standard InChI is InChI=1S/C13H17BrN2O2/c1-15(2)13(17)16-7-8-18-12(9-16)10-3-5-11(14)6-4-10/h3-6,12H,7-9H2,1-2H3. The Morgan fingerprint density at radius 1 is 1.39 bits per heavy atom. The van der Waals surface area contributed by atoms with E-state index in [0.29, 0.717) is 19.7 Å². The number of ether oxygens (including phenoxy) is 1. The summed E-state index contributed by atoms with van der Waals surface area (Å²) in [6, 6.07) is 8.08. The molecule has 1 aliphatic rings. The number of benzene rings is 1. The van der Waals surface area contributed by atoms with Gasteiger partial charge in [0.1, 0.15) is 6.10 Å². The lowest BCUT2D eigenvalue weighted by Gasteiger charge is -2.34. The van der Waals surface area contributed by atoms with Gasteiger partial charge < -0.3 is 14.5 Å². The minimum atomic E-state index is -0.0317. The molecule has 0 bridgehead atoms. The van der Waals surface area contributed by atoms with Gasteiger partial charge in [-0.3, -0.25) is 0 Å². The molecule has 1 unspecified atom stereocenters. The Morgan fingerprint density at radius 2 is 2.06 bits per heavy atom. The number of hydrogen-bond acceptors (Lipinski definition) is 2. The molecular weight excluding hydrogens is 296 g/mol. The van der Waals surface area contributed by atoms with Gasteiger partial charge in [-0.15, -0.1) is 0 Å². The maximum absolute atomic E-state index is 11.9. The second-order valence-electron chi connectivity index (χ2n) is 4.53. The van der Waals surface area contributed by atoms with E-state index in [-0.39, 0.29) is 12.1 Å². The first-order valence-corrected chi connectivity index (χ1v) is 6.70. The van der Waals surface area contributed by atoms with Gasteiger partial charge in [-0.05, 0) is 17.7 Å². The molecule has 0 spiro atoms. The zero-order valence-electron chi connectivity index (χ0n) is 10.6. The molecule has 1 aromatic carbocycles. The molecule has 2 rings (SSSR count). The summed E-state index contributed by atoms with van der Waals surface area (Å²) in [5.41, 5.74) is 1.11. The van der Waals surface area contributed by atoms with Gasteiger partial charge in [-0.1, -0.05) is 28.1 Å². The SMILES string of the molecule is CN(C)C(=O)N1CCOC(c2ccc(Br)cc2)C1. The van der Waals surface area contributed by atoms with Gasteiger partial charge in [0, 0.05) is 25.1 Å². The molecule has 1 atom stereocenters. The van der Waals surface area contributed by atoms with E-state index in [1.54, 1.807) is 19.0 Å². The first kappa shape index (κ1) is 13.4. The Hall–Kier alpha value is -1.07. The average molecular weight is 313 g/mol. The summed E-state index contributed by atoms with van der Waals surface area (Å²) in [4.78, 5) is 15.3. The summed E-state index contributed by atoms with van der Waals surface area (Å²) in [6.07, 6.45) is -0.0317. The molecule has 2 amide bonds. The van der Waals surface area contributed by atoms with Crippen molar-refractivity contribution >= 4 is 22.0 Å². The summed E-state index contributed by atoms with van der Waals surface area (Å²) in [5.74, 6) is 0. The third kappa shape index (κ3) is 3.03. The third-order valence-electron chi connectivity index (χ3n) is 2.96. The molecule has 18 heavy (non-hydrogen) atoms. The van der Waals surface area contributed by atoms with Gasteiger partial charge in [-0.2, -0.15) is 0 Å². The molecule has 1 aromatic rings. The lowest BCUT2D eigenvalue weighted by Crippen LogP contribution is -2.46. The molecule has 0 N–H and O–H groups in total. The second-order valence-corrected chi connectivity index (χ2v) is 5.45. The monoisotopic (exact) mass is 312 g/mol. The molecule has 0 saturated carbocycles. The van der Waals surface area contributed by atoms with Crippen molar-refractivity contribution in [1.29, 1.82) is 0 Å². The predicted molar refractivity (Wildman–Crippen MR) is 73.5 cm³/mol. The maximum atomic E-state index is 11.9. The van der Waals surface area contributed by atoms with Crippen LogP contribution in [0.2, 0.25) is 0 Å². The molecule has 1 aliphatic heterocycles. The normalized spacial score (nSPS) is 19.7. The Labute approximate surface area is 116 Å². The van der Waals surface area contributed by atoms with Crippen molar-refractivity contribution in [2.75, 3.05) is 33.8 Å². The van der Waals surface area contributed by atoms with Crippen LogP contribution in [-0.2, 0) is 4.74 Å². The van der Waals surface area contributed by atoms with Crippen molar-refractivity contribution < 1.29 is 9.53 Å². The molecule has 1 saturated heterocycles. The molecule has 5 heteroatoms. The lowest BCUT2D eigenvalue weighted by molar-refractivity contribution is -0.0188. The molecule has 0 radical (unpaired) electrons. The Balaban J connectivity index is 2.07. The largest absolute Gasteiger partial charge is 0.370 e. The molecule has 1 heterocycles. The number of halogens is 1. The van der Waals surface area contributed by atoms with Crippen molar-refractivity contribution in [3.8, 4) is 0 Å². The lowest BCUT2D eigenvalue weighted by atomic mass is 10.1. The van der Waals surface area contributed by atoms with Crippen LogP contribution in [-0.4, -0.2) is 49.6 Å². The molecule has 1 fully saturated rings. The fourth-order valence-electron chi connectivity index (χ4n) is 1.98. The zero-order chi connectivity index (χ0) is 13.1. The third-order valence-corrected chi connectivity index (χ3v) is 3.49. The van der Waals surface area contributed by atoms with Crippen LogP contribution in [0.3, 0.4) is 0 Å². The van der Waals surface area contributed by atoms with Crippen LogP contribution in [0.15, 0.2) is 28.7 Å². The Bertz CT molecular complexity index is 420. The van der Waals surface area contributed by atoms with Crippen molar-refractivity contribution in [3.05, 3.63) is 34.3 Å². The fraction of sp³-hybridized carbons (Fsp3) is 0.462. The number of urea groups is 1. The highest BCUT2D eigenvalue weighted by Crippen LogP contribution is 2.24. The van der Waals surface area contributed by atoms with Gasteiger partial charge in [-0.25, -0.2) is 4.79 Å². The summed E-state index contributed by atoms with van der Waals surface area (Å²) < 4.78 is 6.78. The quantitative estimate of drug-likeness (QED) is 0.798. The molecule has 0 aromatic heterocycles. The molecular formula is C13H17BrN2O2. The minimum Gasteiger partial charge on any atom is -0.370 e. The zero-order valence-corrected chi connectivity index (χ0v) is 12.2. The highest BCUT2D eigenvalue weighted by molar-refractivity contribution is 9.10. The topological polar surface area (TPSA) is 32.8 Å². The first-order valence-electron chi connectivity index (χ1n) is 5.91. The van der Waals surface area contributed by atoms with Crippen LogP contribution in [0.1, 0.15) is 11.7 Å². The summed E-state index contributed by atoms with van der Waals surface area (Å²) in [5, 5.41) is 0. The number of carbonyl (C=O) groups excluding carboxylic acids is 1. The van der Waals surface area contributed by atoms with Crippen molar-refractivity contribution in [3.63, 3.8) is 0 Å². The molecule has 4 nitrogen and oxygen atoms in total. The van der Waals surface area contributed by atoms with E-state index < -0.39 is 0 Å². The average Bonchev–Trinajstić information content (AvgIpc) is 2.38. The van der Waals surface area contributed by atoms with Gasteiger partial charge >= 0.3 is 6.03 Å². The number of nitrogens with zero attached hydrogens (tertiary/aromatic N) is 2. The van der Waals surface area contributed by atoms with Crippen LogP contribution < -0.4 is 0 Å². The molecule has 0 aliphatic carbocycles. The van der Waals surface area contributed by atoms with Gasteiger partial charge in [0.25, 0.3) is 0 Å². The summed E-state index contributed by atoms with van der Waals surface area (Å²) >= 11 is 3.41. The van der Waals surface area contributed by atoms with E-state index >= 15 is 0 Å². The van der Waals surface area contributed by atoms with Crippen molar-refractivity contribution in [1.82, 2.24) is 9.80 Å². The summed E-state index contributed by atoms with van der Waals surface area (Å²) in [6.45, 7) is 1.85. The number of carbonyl (C=O) groups is 1. The van der Waals surface area contributed by atoms with Crippen LogP contribution in [0, 0.1) is 0 Å². The van der Waals surface area contributed by atoms with Crippen molar-refractivity contribution in [2.24, 2.45) is 0 Å². The highest BCUT2D eigenvalue weighted by atomic mass is 79.9. The van der Waals surface area contributed by atoms with Crippen LogP contribution in [0.4, 0.5) is 4.79 Å². The van der Waals surface area contributed by atoms with Gasteiger partial charge in [0.05, 0.1) is 13.2 Å². The Morgan fingerprint density at radius 3 is 2.67 bits per heavy atom. The smallest absolute Gasteiger partial charge is 0.319 e. The van der Waals surface area contributed by atoms with E-state index in [9.17, 15) is 4.79 Å². The van der Waals surface area contributed by atoms with Crippen molar-refractivity contribution in [2.45, 2.75) is 6.10 Å². The fourth-order valence-corrected chi connectivity index (χ4v) is 2.25. The first-order chi connectivity index (χ1) is 8.58.